The molecule has 0 heterocycles. The summed E-state index contributed by atoms with van der Waals surface area (Å²) in [6.07, 6.45) is 0.710. The van der Waals surface area contributed by atoms with E-state index in [1.165, 1.54) is 6.07 Å². The van der Waals surface area contributed by atoms with E-state index in [0.29, 0.717) is 17.1 Å². The lowest BCUT2D eigenvalue weighted by Crippen LogP contribution is -2.33. The second-order valence-corrected chi connectivity index (χ2v) is 6.03. The van der Waals surface area contributed by atoms with Crippen molar-refractivity contribution in [2.24, 2.45) is 0 Å². The Labute approximate surface area is 135 Å². The molecule has 0 aromatic heterocycles. The molecule has 0 aliphatic heterocycles. The van der Waals surface area contributed by atoms with E-state index in [1.807, 2.05) is 18.2 Å². The van der Waals surface area contributed by atoms with E-state index in [9.17, 15) is 9.50 Å². The van der Waals surface area contributed by atoms with Gasteiger partial charge in [-0.05, 0) is 41.8 Å². The summed E-state index contributed by atoms with van der Waals surface area (Å²) in [6.45, 7) is 0. The lowest BCUT2D eigenvalue weighted by Gasteiger charge is -2.31. The van der Waals surface area contributed by atoms with Crippen LogP contribution < -0.4 is 0 Å². The fourth-order valence-electron chi connectivity index (χ4n) is 2.26. The molecule has 0 atom stereocenters. The third-order valence-corrected chi connectivity index (χ3v) is 5.55. The zero-order chi connectivity index (χ0) is 14.6. The Balaban J connectivity index is 2.39. The first-order valence-electron chi connectivity index (χ1n) is 6.25. The van der Waals surface area contributed by atoms with Gasteiger partial charge in [0.2, 0.25) is 0 Å². The summed E-state index contributed by atoms with van der Waals surface area (Å²) in [5, 5.41) is 11.0. The van der Waals surface area contributed by atoms with Gasteiger partial charge >= 0.3 is 0 Å². The number of hydrogen-bond acceptors (Lipinski definition) is 1. The third-order valence-electron chi connectivity index (χ3n) is 3.40. The highest BCUT2D eigenvalue weighted by Gasteiger charge is 2.30. The summed E-state index contributed by atoms with van der Waals surface area (Å²) in [6, 6.07) is 13.9. The minimum atomic E-state index is -0.254. The van der Waals surface area contributed by atoms with E-state index in [0.717, 1.165) is 11.1 Å². The van der Waals surface area contributed by atoms with Crippen molar-refractivity contribution in [2.75, 3.05) is 10.7 Å². The Morgan fingerprint density at radius 1 is 1.00 bits per heavy atom. The standard InChI is InChI=1S/C16H15Br2FO/c17-10-16(11-18,13-4-2-5-14(19)8-13)9-12-3-1-6-15(20)7-12/h1-8,20H,9-11H2. The Hall–Kier alpha value is -0.870. The quantitative estimate of drug-likeness (QED) is 0.713. The first kappa shape index (κ1) is 15.5. The molecular formula is C16H15Br2FO. The highest BCUT2D eigenvalue weighted by molar-refractivity contribution is 9.09. The van der Waals surface area contributed by atoms with E-state index in [4.69, 9.17) is 0 Å². The van der Waals surface area contributed by atoms with E-state index in [2.05, 4.69) is 31.9 Å². The van der Waals surface area contributed by atoms with Crippen molar-refractivity contribution in [3.05, 3.63) is 65.5 Å². The van der Waals surface area contributed by atoms with Gasteiger partial charge in [0.25, 0.3) is 0 Å². The lowest BCUT2D eigenvalue weighted by molar-refractivity contribution is 0.472. The molecule has 0 aliphatic rings. The fourth-order valence-corrected chi connectivity index (χ4v) is 4.23. The Bertz CT molecular complexity index is 582. The average molecular weight is 402 g/mol. The molecule has 0 unspecified atom stereocenters. The molecule has 1 N–H and O–H groups in total. The molecule has 0 bridgehead atoms. The van der Waals surface area contributed by atoms with Gasteiger partial charge in [-0.2, -0.15) is 0 Å². The van der Waals surface area contributed by atoms with E-state index < -0.39 is 0 Å². The lowest BCUT2D eigenvalue weighted by atomic mass is 9.79. The molecule has 2 aromatic rings. The summed E-state index contributed by atoms with van der Waals surface area (Å²) in [4.78, 5) is 0. The molecule has 20 heavy (non-hydrogen) atoms. The predicted octanol–water partition coefficient (Wildman–Crippen LogP) is 4.80. The number of benzene rings is 2. The second-order valence-electron chi connectivity index (χ2n) is 4.90. The molecule has 0 spiro atoms. The SMILES string of the molecule is Oc1cccc(CC(CBr)(CBr)c2cccc(F)c2)c1. The Morgan fingerprint density at radius 2 is 1.70 bits per heavy atom. The van der Waals surface area contributed by atoms with E-state index in [1.54, 1.807) is 24.3 Å². The second kappa shape index (κ2) is 6.72. The molecule has 0 saturated heterocycles. The monoisotopic (exact) mass is 400 g/mol. The van der Waals surface area contributed by atoms with Crippen molar-refractivity contribution in [1.82, 2.24) is 0 Å². The first-order valence-corrected chi connectivity index (χ1v) is 8.50. The van der Waals surface area contributed by atoms with Crippen molar-refractivity contribution < 1.29 is 9.50 Å². The molecule has 0 aliphatic carbocycles. The van der Waals surface area contributed by atoms with Gasteiger partial charge in [-0.1, -0.05) is 56.1 Å². The average Bonchev–Trinajstić information content (AvgIpc) is 2.45. The maximum absolute atomic E-state index is 13.5. The molecule has 2 rings (SSSR count). The maximum Gasteiger partial charge on any atom is 0.123 e. The number of rotatable bonds is 5. The third kappa shape index (κ3) is 3.41. The summed E-state index contributed by atoms with van der Waals surface area (Å²) in [5.41, 5.74) is 1.71. The molecule has 0 radical (unpaired) electrons. The van der Waals surface area contributed by atoms with Crippen LogP contribution in [0.15, 0.2) is 48.5 Å². The molecule has 1 nitrogen and oxygen atoms in total. The van der Waals surface area contributed by atoms with Gasteiger partial charge in [0.05, 0.1) is 0 Å². The van der Waals surface area contributed by atoms with E-state index >= 15 is 0 Å². The summed E-state index contributed by atoms with van der Waals surface area (Å²) < 4.78 is 13.5. The van der Waals surface area contributed by atoms with Crippen LogP contribution in [0.25, 0.3) is 0 Å². The van der Waals surface area contributed by atoms with Crippen LogP contribution in [0.2, 0.25) is 0 Å². The topological polar surface area (TPSA) is 20.2 Å². The van der Waals surface area contributed by atoms with Crippen LogP contribution in [0.1, 0.15) is 11.1 Å². The van der Waals surface area contributed by atoms with Crippen molar-refractivity contribution in [1.29, 1.82) is 0 Å². The number of hydrogen-bond donors (Lipinski definition) is 1. The van der Waals surface area contributed by atoms with E-state index in [-0.39, 0.29) is 17.0 Å². The van der Waals surface area contributed by atoms with Crippen LogP contribution in [0, 0.1) is 5.82 Å². The molecule has 106 valence electrons. The normalized spacial score (nSPS) is 11.6. The Kier molecular flexibility index (Phi) is 5.22. The largest absolute Gasteiger partial charge is 0.508 e. The van der Waals surface area contributed by atoms with Gasteiger partial charge < -0.3 is 5.11 Å². The Morgan fingerprint density at radius 3 is 2.30 bits per heavy atom. The van der Waals surface area contributed by atoms with Crippen LogP contribution in [-0.4, -0.2) is 15.8 Å². The smallest absolute Gasteiger partial charge is 0.123 e. The van der Waals surface area contributed by atoms with Gasteiger partial charge in [-0.3, -0.25) is 0 Å². The minimum absolute atomic E-state index is 0.232. The van der Waals surface area contributed by atoms with Gasteiger partial charge in [0, 0.05) is 16.1 Å². The molecular weight excluding hydrogens is 387 g/mol. The zero-order valence-corrected chi connectivity index (χ0v) is 14.0. The number of phenols is 1. The number of alkyl halides is 2. The summed E-state index contributed by atoms with van der Waals surface area (Å²) >= 11 is 7.11. The minimum Gasteiger partial charge on any atom is -0.508 e. The molecule has 0 amide bonds. The summed E-state index contributed by atoms with van der Waals surface area (Å²) in [5.74, 6) is 0.0180. The fraction of sp³-hybridized carbons (Fsp3) is 0.250. The molecule has 0 fully saturated rings. The van der Waals surface area contributed by atoms with Crippen LogP contribution in [0.5, 0.6) is 5.75 Å². The number of aromatic hydroxyl groups is 1. The zero-order valence-electron chi connectivity index (χ0n) is 10.8. The number of phenolic OH excluding ortho intramolecular Hbond substituents is 1. The predicted molar refractivity (Wildman–Crippen MR) is 87.5 cm³/mol. The summed E-state index contributed by atoms with van der Waals surface area (Å²) in [7, 11) is 0. The van der Waals surface area contributed by atoms with Crippen molar-refractivity contribution in [3.63, 3.8) is 0 Å². The molecule has 4 heteroatoms. The van der Waals surface area contributed by atoms with Gasteiger partial charge in [-0.25, -0.2) is 4.39 Å². The van der Waals surface area contributed by atoms with Crippen LogP contribution in [0.4, 0.5) is 4.39 Å². The molecule has 2 aromatic carbocycles. The highest BCUT2D eigenvalue weighted by atomic mass is 79.9. The number of halogens is 3. The first-order chi connectivity index (χ1) is 9.59. The van der Waals surface area contributed by atoms with Gasteiger partial charge in [0.15, 0.2) is 0 Å². The van der Waals surface area contributed by atoms with Crippen molar-refractivity contribution in [2.45, 2.75) is 11.8 Å². The molecule has 0 saturated carbocycles. The van der Waals surface area contributed by atoms with Gasteiger partial charge in [0.1, 0.15) is 11.6 Å². The van der Waals surface area contributed by atoms with Crippen LogP contribution in [-0.2, 0) is 11.8 Å². The highest BCUT2D eigenvalue weighted by Crippen LogP contribution is 2.33. The van der Waals surface area contributed by atoms with Crippen LogP contribution in [0.3, 0.4) is 0 Å². The van der Waals surface area contributed by atoms with Crippen LogP contribution >= 0.6 is 31.9 Å². The maximum atomic E-state index is 13.5. The van der Waals surface area contributed by atoms with Crippen molar-refractivity contribution >= 4 is 31.9 Å². The van der Waals surface area contributed by atoms with Gasteiger partial charge in [-0.15, -0.1) is 0 Å². The van der Waals surface area contributed by atoms with Crippen molar-refractivity contribution in [3.8, 4) is 5.75 Å².